The van der Waals surface area contributed by atoms with E-state index in [-0.39, 0.29) is 23.0 Å². The number of nitrogens with one attached hydrogen (secondary N) is 2. The van der Waals surface area contributed by atoms with Crippen LogP contribution in [0.25, 0.3) is 0 Å². The topological polar surface area (TPSA) is 83.5 Å². The van der Waals surface area contributed by atoms with E-state index in [0.29, 0.717) is 17.1 Å². The zero-order valence-corrected chi connectivity index (χ0v) is 16.6. The highest BCUT2D eigenvalue weighted by Gasteiger charge is 2.28. The van der Waals surface area contributed by atoms with Crippen molar-refractivity contribution in [1.29, 1.82) is 0 Å². The SMILES string of the molecule is O=S1(=O)NC(=NCc2cccnc2F)Nc2c(Cc3ccccc3Cl)cccc21. The average Bonchev–Trinajstić information content (AvgIpc) is 2.69. The number of benzene rings is 2. The molecule has 0 unspecified atom stereocenters. The molecular weight excluding hydrogens is 415 g/mol. The third kappa shape index (κ3) is 4.08. The standard InChI is InChI=1S/C20H16ClFN4O2S/c21-16-8-2-1-5-13(16)11-14-6-3-9-17-18(14)25-20(26-29(17,27)28)24-12-15-7-4-10-23-19(15)22/h1-10H,11-12H2,(H2,24,25,26). The van der Waals surface area contributed by atoms with E-state index in [0.717, 1.165) is 11.1 Å². The van der Waals surface area contributed by atoms with Crippen LogP contribution in [-0.4, -0.2) is 19.4 Å². The molecule has 0 aliphatic carbocycles. The third-order valence-electron chi connectivity index (χ3n) is 4.46. The molecule has 9 heteroatoms. The van der Waals surface area contributed by atoms with Gasteiger partial charge in [0.05, 0.1) is 12.2 Å². The first kappa shape index (κ1) is 19.4. The van der Waals surface area contributed by atoms with Crippen molar-refractivity contribution in [3.05, 3.63) is 88.5 Å². The van der Waals surface area contributed by atoms with E-state index in [9.17, 15) is 12.8 Å². The minimum Gasteiger partial charge on any atom is -0.324 e. The lowest BCUT2D eigenvalue weighted by Gasteiger charge is -2.24. The molecule has 3 aromatic rings. The van der Waals surface area contributed by atoms with Crippen molar-refractivity contribution in [2.24, 2.45) is 4.99 Å². The second-order valence-electron chi connectivity index (χ2n) is 6.41. The number of hydrogen-bond donors (Lipinski definition) is 2. The van der Waals surface area contributed by atoms with E-state index in [4.69, 9.17) is 11.6 Å². The predicted octanol–water partition coefficient (Wildman–Crippen LogP) is 3.72. The average molecular weight is 431 g/mol. The summed E-state index contributed by atoms with van der Waals surface area (Å²) in [4.78, 5) is 7.87. The van der Waals surface area contributed by atoms with Gasteiger partial charge in [0.1, 0.15) is 4.90 Å². The van der Waals surface area contributed by atoms with Crippen LogP contribution in [0.2, 0.25) is 5.02 Å². The fourth-order valence-corrected chi connectivity index (χ4v) is 4.43. The Bertz CT molecular complexity index is 1210. The smallest absolute Gasteiger partial charge is 0.266 e. The number of para-hydroxylation sites is 1. The summed E-state index contributed by atoms with van der Waals surface area (Å²) in [5.41, 5.74) is 2.31. The van der Waals surface area contributed by atoms with E-state index >= 15 is 0 Å². The van der Waals surface area contributed by atoms with Crippen LogP contribution in [0.3, 0.4) is 0 Å². The van der Waals surface area contributed by atoms with Crippen molar-refractivity contribution in [1.82, 2.24) is 9.71 Å². The number of aliphatic imine (C=N–C) groups is 1. The largest absolute Gasteiger partial charge is 0.324 e. The zero-order chi connectivity index (χ0) is 20.4. The van der Waals surface area contributed by atoms with E-state index < -0.39 is 16.0 Å². The lowest BCUT2D eigenvalue weighted by Crippen LogP contribution is -2.41. The summed E-state index contributed by atoms with van der Waals surface area (Å²) in [5.74, 6) is -0.623. The normalized spacial score (nSPS) is 16.0. The Balaban J connectivity index is 1.69. The van der Waals surface area contributed by atoms with Crippen LogP contribution in [-0.2, 0) is 23.0 Å². The van der Waals surface area contributed by atoms with Gasteiger partial charge in [-0.15, -0.1) is 0 Å². The number of hydrogen-bond acceptors (Lipinski definition) is 4. The number of halogens is 2. The monoisotopic (exact) mass is 430 g/mol. The molecule has 2 heterocycles. The first-order valence-corrected chi connectivity index (χ1v) is 10.6. The van der Waals surface area contributed by atoms with Gasteiger partial charge >= 0.3 is 0 Å². The van der Waals surface area contributed by atoms with E-state index in [2.05, 4.69) is 20.0 Å². The third-order valence-corrected chi connectivity index (χ3v) is 6.21. The van der Waals surface area contributed by atoms with Gasteiger partial charge in [0, 0.05) is 23.2 Å². The fourth-order valence-electron chi connectivity index (χ4n) is 3.04. The molecule has 0 saturated heterocycles. The van der Waals surface area contributed by atoms with Gasteiger partial charge in [-0.25, -0.2) is 23.1 Å². The van der Waals surface area contributed by atoms with Gasteiger partial charge in [0.2, 0.25) is 11.9 Å². The molecule has 148 valence electrons. The highest BCUT2D eigenvalue weighted by atomic mass is 35.5. The summed E-state index contributed by atoms with van der Waals surface area (Å²) >= 11 is 6.26. The van der Waals surface area contributed by atoms with E-state index in [1.807, 2.05) is 24.3 Å². The number of nitrogens with zero attached hydrogens (tertiary/aromatic N) is 2. The second-order valence-corrected chi connectivity index (χ2v) is 8.47. The van der Waals surface area contributed by atoms with E-state index in [1.165, 1.54) is 12.3 Å². The number of guanidine groups is 1. The molecule has 2 N–H and O–H groups in total. The van der Waals surface area contributed by atoms with Crippen molar-refractivity contribution in [3.63, 3.8) is 0 Å². The molecule has 4 rings (SSSR count). The molecule has 2 aromatic carbocycles. The molecule has 0 atom stereocenters. The van der Waals surface area contributed by atoms with Crippen LogP contribution in [0.5, 0.6) is 0 Å². The molecule has 0 radical (unpaired) electrons. The summed E-state index contributed by atoms with van der Waals surface area (Å²) in [6.45, 7) is -0.0630. The molecule has 1 aliphatic rings. The van der Waals surface area contributed by atoms with Crippen LogP contribution in [0.4, 0.5) is 10.1 Å². The minimum absolute atomic E-state index is 0.0207. The van der Waals surface area contributed by atoms with Crippen LogP contribution in [0.1, 0.15) is 16.7 Å². The zero-order valence-electron chi connectivity index (χ0n) is 15.1. The van der Waals surface area contributed by atoms with Crippen LogP contribution in [0.15, 0.2) is 70.7 Å². The first-order valence-electron chi connectivity index (χ1n) is 8.73. The Kier molecular flexibility index (Phi) is 5.21. The highest BCUT2D eigenvalue weighted by Crippen LogP contribution is 2.31. The lowest BCUT2D eigenvalue weighted by molar-refractivity contribution is 0.567. The van der Waals surface area contributed by atoms with E-state index in [1.54, 1.807) is 24.3 Å². The Morgan fingerprint density at radius 3 is 2.55 bits per heavy atom. The summed E-state index contributed by atoms with van der Waals surface area (Å²) in [5, 5.41) is 3.62. The van der Waals surface area contributed by atoms with Crippen molar-refractivity contribution >= 4 is 33.3 Å². The molecular formula is C20H16ClFN4O2S. The van der Waals surface area contributed by atoms with Crippen LogP contribution in [0, 0.1) is 5.95 Å². The van der Waals surface area contributed by atoms with Crippen molar-refractivity contribution < 1.29 is 12.8 Å². The highest BCUT2D eigenvalue weighted by molar-refractivity contribution is 7.90. The lowest BCUT2D eigenvalue weighted by atomic mass is 10.0. The Morgan fingerprint density at radius 2 is 1.76 bits per heavy atom. The molecule has 0 amide bonds. The Hall–Kier alpha value is -2.97. The number of sulfonamides is 1. The number of fused-ring (bicyclic) bond motifs is 1. The quantitative estimate of drug-likeness (QED) is 0.618. The Labute approximate surface area is 172 Å². The van der Waals surface area contributed by atoms with Crippen molar-refractivity contribution in [3.8, 4) is 0 Å². The van der Waals surface area contributed by atoms with Gasteiger partial charge in [-0.1, -0.05) is 48.0 Å². The van der Waals surface area contributed by atoms with Gasteiger partial charge < -0.3 is 5.32 Å². The number of aromatic nitrogens is 1. The first-order chi connectivity index (χ1) is 13.9. The number of anilines is 1. The van der Waals surface area contributed by atoms with Crippen molar-refractivity contribution in [2.75, 3.05) is 5.32 Å². The predicted molar refractivity (Wildman–Crippen MR) is 110 cm³/mol. The summed E-state index contributed by atoms with van der Waals surface area (Å²) in [6.07, 6.45) is 1.78. The maximum Gasteiger partial charge on any atom is 0.266 e. The van der Waals surface area contributed by atoms with Crippen LogP contribution >= 0.6 is 11.6 Å². The molecule has 1 aliphatic heterocycles. The van der Waals surface area contributed by atoms with Gasteiger partial charge in [-0.3, -0.25) is 0 Å². The molecule has 0 fully saturated rings. The maximum absolute atomic E-state index is 13.7. The van der Waals surface area contributed by atoms with Crippen LogP contribution < -0.4 is 10.0 Å². The van der Waals surface area contributed by atoms with Crippen molar-refractivity contribution in [2.45, 2.75) is 17.9 Å². The summed E-state index contributed by atoms with van der Waals surface area (Å²) in [6, 6.07) is 15.5. The van der Waals surface area contributed by atoms with Gasteiger partial charge in [0.15, 0.2) is 0 Å². The molecule has 0 bridgehead atoms. The van der Waals surface area contributed by atoms with Gasteiger partial charge in [-0.2, -0.15) is 4.39 Å². The summed E-state index contributed by atoms with van der Waals surface area (Å²) < 4.78 is 41.5. The molecule has 29 heavy (non-hydrogen) atoms. The minimum atomic E-state index is -3.82. The summed E-state index contributed by atoms with van der Waals surface area (Å²) in [7, 11) is -3.82. The number of rotatable bonds is 4. The van der Waals surface area contributed by atoms with Gasteiger partial charge in [0.25, 0.3) is 10.0 Å². The maximum atomic E-state index is 13.7. The fraction of sp³-hybridized carbons (Fsp3) is 0.100. The molecule has 0 saturated carbocycles. The second kappa shape index (κ2) is 7.81. The van der Waals surface area contributed by atoms with Gasteiger partial charge in [-0.05, 0) is 29.3 Å². The molecule has 0 spiro atoms. The Morgan fingerprint density at radius 1 is 1.00 bits per heavy atom. The number of pyridine rings is 1. The molecule has 6 nitrogen and oxygen atoms in total. The molecule has 1 aromatic heterocycles.